The predicted molar refractivity (Wildman–Crippen MR) is 128 cm³/mol. The minimum Gasteiger partial charge on any atom is -0.497 e. The van der Waals surface area contributed by atoms with Crippen LogP contribution < -0.4 is 15.4 Å². The fourth-order valence-corrected chi connectivity index (χ4v) is 4.93. The Kier molecular flexibility index (Phi) is 5.78. The van der Waals surface area contributed by atoms with E-state index in [0.717, 1.165) is 45.0 Å². The van der Waals surface area contributed by atoms with Gasteiger partial charge in [0, 0.05) is 40.7 Å². The van der Waals surface area contributed by atoms with Crippen LogP contribution in [-0.4, -0.2) is 33.7 Å². The van der Waals surface area contributed by atoms with Crippen LogP contribution in [0.25, 0.3) is 10.9 Å². The number of benzene rings is 2. The number of aromatic nitrogens is 3. The lowest BCUT2D eigenvalue weighted by Gasteiger charge is -2.11. The first-order valence-electron chi connectivity index (χ1n) is 10.6. The van der Waals surface area contributed by atoms with Crippen molar-refractivity contribution in [1.82, 2.24) is 20.1 Å². The molecule has 3 N–H and O–H groups in total. The molecule has 8 nitrogen and oxygen atoms in total. The van der Waals surface area contributed by atoms with Gasteiger partial charge in [-0.1, -0.05) is 30.3 Å². The van der Waals surface area contributed by atoms with Gasteiger partial charge in [-0.3, -0.25) is 9.59 Å². The maximum atomic E-state index is 13.1. The van der Waals surface area contributed by atoms with Gasteiger partial charge in [-0.2, -0.15) is 16.9 Å². The third-order valence-electron chi connectivity index (χ3n) is 5.63. The molecule has 0 unspecified atom stereocenters. The van der Waals surface area contributed by atoms with Crippen LogP contribution in [0.5, 0.6) is 5.75 Å². The van der Waals surface area contributed by atoms with Gasteiger partial charge in [0.05, 0.1) is 18.4 Å². The number of nitrogens with one attached hydrogen (secondary N) is 3. The van der Waals surface area contributed by atoms with Crippen molar-refractivity contribution in [2.24, 2.45) is 0 Å². The van der Waals surface area contributed by atoms with E-state index in [9.17, 15) is 9.59 Å². The van der Waals surface area contributed by atoms with E-state index >= 15 is 0 Å². The third kappa shape index (κ3) is 4.31. The van der Waals surface area contributed by atoms with Gasteiger partial charge in [0.25, 0.3) is 5.91 Å². The molecule has 1 aliphatic rings. The summed E-state index contributed by atoms with van der Waals surface area (Å²) in [6.07, 6.45) is 1.71. The van der Waals surface area contributed by atoms with E-state index in [4.69, 9.17) is 4.74 Å². The van der Waals surface area contributed by atoms with Crippen molar-refractivity contribution < 1.29 is 14.3 Å². The number of anilines is 1. The molecule has 1 aliphatic heterocycles. The maximum Gasteiger partial charge on any atom is 0.258 e. The van der Waals surface area contributed by atoms with Crippen molar-refractivity contribution in [3.8, 4) is 5.75 Å². The zero-order chi connectivity index (χ0) is 22.8. The smallest absolute Gasteiger partial charge is 0.258 e. The van der Waals surface area contributed by atoms with Crippen LogP contribution in [0.1, 0.15) is 27.2 Å². The fraction of sp³-hybridized carbons (Fsp3) is 0.208. The Bertz CT molecular complexity index is 1330. The monoisotopic (exact) mass is 461 g/mol. The first-order valence-corrected chi connectivity index (χ1v) is 11.7. The zero-order valence-corrected chi connectivity index (χ0v) is 18.9. The topological polar surface area (TPSA) is 101 Å². The van der Waals surface area contributed by atoms with Crippen LogP contribution in [-0.2, 0) is 29.4 Å². The number of hydrogen-bond acceptors (Lipinski definition) is 5. The lowest BCUT2D eigenvalue weighted by atomic mass is 10.1. The van der Waals surface area contributed by atoms with Gasteiger partial charge in [-0.15, -0.1) is 0 Å². The first-order chi connectivity index (χ1) is 16.1. The summed E-state index contributed by atoms with van der Waals surface area (Å²) in [6, 6.07) is 15.2. The van der Waals surface area contributed by atoms with Crippen LogP contribution >= 0.6 is 11.8 Å². The van der Waals surface area contributed by atoms with Crippen LogP contribution in [0.2, 0.25) is 0 Å². The fourth-order valence-electron chi connectivity index (χ4n) is 3.89. The number of carbonyl (C=O) groups excluding carboxylic acids is 2. The molecule has 4 aromatic rings. The van der Waals surface area contributed by atoms with Gasteiger partial charge in [-0.25, -0.2) is 4.68 Å². The predicted octanol–water partition coefficient (Wildman–Crippen LogP) is 3.69. The van der Waals surface area contributed by atoms with Gasteiger partial charge in [0.15, 0.2) is 0 Å². The van der Waals surface area contributed by atoms with Gasteiger partial charge in [0.2, 0.25) is 5.91 Å². The van der Waals surface area contributed by atoms with Gasteiger partial charge in [-0.05, 0) is 23.8 Å². The van der Waals surface area contributed by atoms with E-state index in [2.05, 4.69) is 20.7 Å². The van der Waals surface area contributed by atoms with E-state index in [1.54, 1.807) is 29.8 Å². The number of ether oxygens (including phenoxy) is 1. The van der Waals surface area contributed by atoms with Crippen molar-refractivity contribution in [3.63, 3.8) is 0 Å². The Labute approximate surface area is 194 Å². The Morgan fingerprint density at radius 2 is 1.97 bits per heavy atom. The number of H-pyrrole nitrogens is 1. The molecule has 0 atom stereocenters. The number of aromatic amines is 1. The Morgan fingerprint density at radius 1 is 1.15 bits per heavy atom. The summed E-state index contributed by atoms with van der Waals surface area (Å²) in [5.74, 6) is 2.47. The van der Waals surface area contributed by atoms with Crippen LogP contribution in [0.3, 0.4) is 0 Å². The first kappa shape index (κ1) is 21.1. The summed E-state index contributed by atoms with van der Waals surface area (Å²) >= 11 is 1.74. The minimum absolute atomic E-state index is 0.0251. The Hall–Kier alpha value is -3.72. The molecule has 0 saturated heterocycles. The number of carbonyl (C=O) groups is 2. The lowest BCUT2D eigenvalue weighted by Crippen LogP contribution is -2.28. The molecule has 5 rings (SSSR count). The Balaban J connectivity index is 1.31. The molecule has 0 spiro atoms. The SMILES string of the molecule is COc1ccc(CNC(=O)Cn2nc3c(c2NC(=O)c2c[nH]c4ccccc24)CSC3)cc1. The number of thioether (sulfide) groups is 1. The van der Waals surface area contributed by atoms with E-state index in [-0.39, 0.29) is 18.4 Å². The molecular weight excluding hydrogens is 438 g/mol. The number of hydrogen-bond donors (Lipinski definition) is 3. The molecule has 0 radical (unpaired) electrons. The number of nitrogens with zero attached hydrogens (tertiary/aromatic N) is 2. The average molecular weight is 462 g/mol. The standard InChI is InChI=1S/C24H23N5O3S/c1-32-16-8-6-15(7-9-16)10-26-22(30)12-29-23(19-13-33-14-21(19)28-29)27-24(31)18-11-25-20-5-3-2-4-17(18)20/h2-9,11,25H,10,12-14H2,1H3,(H,26,30)(H,27,31). The number of fused-ring (bicyclic) bond motifs is 2. The van der Waals surface area contributed by atoms with Gasteiger partial charge >= 0.3 is 0 Å². The second-order valence-electron chi connectivity index (χ2n) is 7.75. The third-order valence-corrected chi connectivity index (χ3v) is 6.60. The van der Waals surface area contributed by atoms with Crippen molar-refractivity contribution in [2.45, 2.75) is 24.6 Å². The summed E-state index contributed by atoms with van der Waals surface area (Å²) in [6.45, 7) is 0.425. The number of rotatable bonds is 7. The van der Waals surface area contributed by atoms with Crippen molar-refractivity contribution in [1.29, 1.82) is 0 Å². The second kappa shape index (κ2) is 9.03. The lowest BCUT2D eigenvalue weighted by molar-refractivity contribution is -0.122. The Morgan fingerprint density at radius 3 is 2.79 bits per heavy atom. The highest BCUT2D eigenvalue weighted by atomic mass is 32.2. The highest BCUT2D eigenvalue weighted by molar-refractivity contribution is 7.98. The van der Waals surface area contributed by atoms with E-state index in [0.29, 0.717) is 17.9 Å². The van der Waals surface area contributed by atoms with Crippen molar-refractivity contribution in [3.05, 3.63) is 77.1 Å². The number of methoxy groups -OCH3 is 1. The van der Waals surface area contributed by atoms with Crippen molar-refractivity contribution >= 4 is 40.3 Å². The highest BCUT2D eigenvalue weighted by Crippen LogP contribution is 2.35. The zero-order valence-electron chi connectivity index (χ0n) is 18.1. The summed E-state index contributed by atoms with van der Waals surface area (Å²) in [5.41, 5.74) is 4.32. The minimum atomic E-state index is -0.230. The van der Waals surface area contributed by atoms with E-state index in [1.807, 2.05) is 48.5 Å². The van der Waals surface area contributed by atoms with Crippen LogP contribution in [0, 0.1) is 0 Å². The molecule has 168 valence electrons. The molecule has 0 saturated carbocycles. The van der Waals surface area contributed by atoms with E-state index in [1.165, 1.54) is 0 Å². The summed E-state index contributed by atoms with van der Waals surface area (Å²) in [7, 11) is 1.62. The highest BCUT2D eigenvalue weighted by Gasteiger charge is 2.25. The molecule has 2 amide bonds. The maximum absolute atomic E-state index is 13.1. The van der Waals surface area contributed by atoms with Crippen LogP contribution in [0.15, 0.2) is 54.7 Å². The molecule has 0 aliphatic carbocycles. The average Bonchev–Trinajstić information content (AvgIpc) is 3.54. The molecular formula is C24H23N5O3S. The van der Waals surface area contributed by atoms with Gasteiger partial charge < -0.3 is 20.4 Å². The number of para-hydroxylation sites is 1. The van der Waals surface area contributed by atoms with Crippen LogP contribution in [0.4, 0.5) is 5.82 Å². The molecule has 0 bridgehead atoms. The molecule has 33 heavy (non-hydrogen) atoms. The molecule has 2 aromatic carbocycles. The summed E-state index contributed by atoms with van der Waals surface area (Å²) < 4.78 is 6.76. The molecule has 0 fully saturated rings. The number of amides is 2. The van der Waals surface area contributed by atoms with Crippen molar-refractivity contribution in [2.75, 3.05) is 12.4 Å². The molecule has 2 aromatic heterocycles. The molecule has 3 heterocycles. The second-order valence-corrected chi connectivity index (χ2v) is 8.74. The summed E-state index contributed by atoms with van der Waals surface area (Å²) in [4.78, 5) is 28.9. The molecule has 9 heteroatoms. The summed E-state index contributed by atoms with van der Waals surface area (Å²) in [5, 5.41) is 11.4. The normalized spacial score (nSPS) is 12.5. The quantitative estimate of drug-likeness (QED) is 0.390. The van der Waals surface area contributed by atoms with Gasteiger partial charge in [0.1, 0.15) is 18.1 Å². The van der Waals surface area contributed by atoms with E-state index < -0.39 is 0 Å². The largest absolute Gasteiger partial charge is 0.497 e.